The van der Waals surface area contributed by atoms with Gasteiger partial charge in [-0.15, -0.1) is 0 Å². The van der Waals surface area contributed by atoms with Crippen LogP contribution in [0.3, 0.4) is 0 Å². The lowest BCUT2D eigenvalue weighted by molar-refractivity contribution is -0.135. The van der Waals surface area contributed by atoms with Crippen LogP contribution in [0.5, 0.6) is 5.75 Å². The van der Waals surface area contributed by atoms with Crippen LogP contribution < -0.4 is 9.46 Å². The van der Waals surface area contributed by atoms with Crippen LogP contribution in [0.15, 0.2) is 77.7 Å². The molecular formula is C28H28N2O5S. The highest BCUT2D eigenvalue weighted by Gasteiger charge is 2.51. The van der Waals surface area contributed by atoms with E-state index >= 15 is 0 Å². The maximum absolute atomic E-state index is 13.5. The third kappa shape index (κ3) is 4.48. The van der Waals surface area contributed by atoms with E-state index in [-0.39, 0.29) is 10.8 Å². The number of nitrogens with zero attached hydrogens (tertiary/aromatic N) is 1. The molecule has 186 valence electrons. The van der Waals surface area contributed by atoms with Gasteiger partial charge in [0.25, 0.3) is 21.8 Å². The zero-order chi connectivity index (χ0) is 25.3. The molecule has 5 rings (SSSR count). The fourth-order valence-electron chi connectivity index (χ4n) is 4.76. The van der Waals surface area contributed by atoms with Crippen molar-refractivity contribution in [3.63, 3.8) is 0 Å². The molecule has 1 N–H and O–H groups in total. The minimum absolute atomic E-state index is 0.00663. The number of sulfonamides is 1. The number of rotatable bonds is 7. The highest BCUT2D eigenvalue weighted by molar-refractivity contribution is 7.90. The summed E-state index contributed by atoms with van der Waals surface area (Å²) in [5, 5.41) is 0. The number of hydrogen-bond acceptors (Lipinski definition) is 5. The molecule has 3 aromatic carbocycles. The molecule has 0 aliphatic carbocycles. The van der Waals surface area contributed by atoms with Gasteiger partial charge in [0.15, 0.2) is 0 Å². The van der Waals surface area contributed by atoms with E-state index in [0.717, 1.165) is 17.5 Å². The second kappa shape index (κ2) is 9.43. The van der Waals surface area contributed by atoms with Gasteiger partial charge in [0.2, 0.25) is 0 Å². The molecule has 2 aliphatic rings. The van der Waals surface area contributed by atoms with Crippen LogP contribution in [0, 0.1) is 0 Å². The van der Waals surface area contributed by atoms with Crippen LogP contribution in [-0.4, -0.2) is 43.8 Å². The third-order valence-electron chi connectivity index (χ3n) is 7.12. The summed E-state index contributed by atoms with van der Waals surface area (Å²) < 4.78 is 33.6. The molecule has 2 aliphatic heterocycles. The number of ether oxygens (including phenoxy) is 1. The van der Waals surface area contributed by atoms with E-state index in [2.05, 4.69) is 16.9 Å². The standard InChI is InChI=1S/C28H28N2O5S/c1-28(27(32)29-36(33,34)23-13-14-25-22(19-23)15-18-35-25)16-17-30(28)26(31)24-10-6-5-9-21(24)12-11-20-7-3-2-4-8-20/h2-10,13-14,19H,11-12,15-18H2,1H3,(H,29,32). The van der Waals surface area contributed by atoms with Crippen molar-refractivity contribution in [3.05, 3.63) is 95.1 Å². The van der Waals surface area contributed by atoms with Gasteiger partial charge in [-0.25, -0.2) is 13.1 Å². The molecule has 3 aromatic rings. The first-order valence-corrected chi connectivity index (χ1v) is 13.5. The summed E-state index contributed by atoms with van der Waals surface area (Å²) in [5.41, 5.74) is 2.15. The quantitative estimate of drug-likeness (QED) is 0.532. The van der Waals surface area contributed by atoms with E-state index in [1.165, 1.54) is 22.6 Å². The molecule has 1 saturated heterocycles. The van der Waals surface area contributed by atoms with Gasteiger partial charge >= 0.3 is 0 Å². The Labute approximate surface area is 211 Å². The normalized spacial score (nSPS) is 18.6. The summed E-state index contributed by atoms with van der Waals surface area (Å²) in [5.74, 6) is -0.316. The Bertz CT molecular complexity index is 1420. The zero-order valence-corrected chi connectivity index (χ0v) is 20.9. The van der Waals surface area contributed by atoms with Crippen LogP contribution in [-0.2, 0) is 34.1 Å². The van der Waals surface area contributed by atoms with Gasteiger partial charge in [-0.05, 0) is 67.1 Å². The van der Waals surface area contributed by atoms with Crippen molar-refractivity contribution in [2.75, 3.05) is 13.2 Å². The fourth-order valence-corrected chi connectivity index (χ4v) is 5.88. The van der Waals surface area contributed by atoms with Crippen LogP contribution in [0.25, 0.3) is 0 Å². The number of benzene rings is 3. The van der Waals surface area contributed by atoms with Crippen molar-refractivity contribution in [2.24, 2.45) is 0 Å². The fraction of sp³-hybridized carbons (Fsp3) is 0.286. The SMILES string of the molecule is CC1(C(=O)NS(=O)(=O)c2ccc3c(c2)CCO3)CCN1C(=O)c1ccccc1CCc1ccccc1. The summed E-state index contributed by atoms with van der Waals surface area (Å²) in [7, 11) is -4.09. The van der Waals surface area contributed by atoms with Gasteiger partial charge in [0.1, 0.15) is 11.3 Å². The number of fused-ring (bicyclic) bond motifs is 1. The maximum Gasteiger partial charge on any atom is 0.264 e. The third-order valence-corrected chi connectivity index (χ3v) is 8.45. The predicted octanol–water partition coefficient (Wildman–Crippen LogP) is 3.52. The van der Waals surface area contributed by atoms with Crippen molar-refractivity contribution >= 4 is 21.8 Å². The van der Waals surface area contributed by atoms with Gasteiger partial charge in [-0.3, -0.25) is 9.59 Å². The first-order valence-electron chi connectivity index (χ1n) is 12.0. The van der Waals surface area contributed by atoms with Crippen molar-refractivity contribution in [3.8, 4) is 5.75 Å². The van der Waals surface area contributed by atoms with Gasteiger partial charge in [-0.2, -0.15) is 0 Å². The molecule has 36 heavy (non-hydrogen) atoms. The number of nitrogens with one attached hydrogen (secondary N) is 1. The first kappa shape index (κ1) is 24.1. The second-order valence-electron chi connectivity index (χ2n) is 9.43. The van der Waals surface area contributed by atoms with Crippen LogP contribution in [0.4, 0.5) is 0 Å². The highest BCUT2D eigenvalue weighted by atomic mass is 32.2. The highest BCUT2D eigenvalue weighted by Crippen LogP contribution is 2.34. The number of hydrogen-bond donors (Lipinski definition) is 1. The average Bonchev–Trinajstić information content (AvgIpc) is 3.35. The molecule has 2 heterocycles. The second-order valence-corrected chi connectivity index (χ2v) is 11.1. The number of aryl methyl sites for hydroxylation is 2. The Morgan fingerprint density at radius 3 is 2.50 bits per heavy atom. The summed E-state index contributed by atoms with van der Waals surface area (Å²) in [6.45, 7) is 2.50. The predicted molar refractivity (Wildman–Crippen MR) is 135 cm³/mol. The molecule has 0 bridgehead atoms. The average molecular weight is 505 g/mol. The van der Waals surface area contributed by atoms with Gasteiger partial charge in [-0.1, -0.05) is 48.5 Å². The molecule has 0 spiro atoms. The maximum atomic E-state index is 13.5. The molecule has 1 unspecified atom stereocenters. The topological polar surface area (TPSA) is 92.8 Å². The van der Waals surface area contributed by atoms with E-state index in [0.29, 0.717) is 43.7 Å². The van der Waals surface area contributed by atoms with E-state index < -0.39 is 21.5 Å². The Kier molecular flexibility index (Phi) is 6.30. The first-order chi connectivity index (χ1) is 17.3. The van der Waals surface area contributed by atoms with Crippen molar-refractivity contribution in [1.29, 1.82) is 0 Å². The number of carbonyl (C=O) groups excluding carboxylic acids is 2. The summed E-state index contributed by atoms with van der Waals surface area (Å²) in [6, 6.07) is 22.0. The molecule has 0 aromatic heterocycles. The molecule has 8 heteroatoms. The Balaban J connectivity index is 1.31. The summed E-state index contributed by atoms with van der Waals surface area (Å²) in [6.07, 6.45) is 2.46. The molecule has 0 saturated carbocycles. The minimum Gasteiger partial charge on any atom is -0.493 e. The zero-order valence-electron chi connectivity index (χ0n) is 20.1. The van der Waals surface area contributed by atoms with E-state index in [1.54, 1.807) is 25.1 Å². The number of amides is 2. The molecule has 1 fully saturated rings. The van der Waals surface area contributed by atoms with Crippen LogP contribution >= 0.6 is 0 Å². The lowest BCUT2D eigenvalue weighted by Crippen LogP contribution is -2.67. The Morgan fingerprint density at radius 2 is 1.75 bits per heavy atom. The number of likely N-dealkylation sites (tertiary alicyclic amines) is 1. The largest absolute Gasteiger partial charge is 0.493 e. The molecule has 2 amide bonds. The molecular weight excluding hydrogens is 476 g/mol. The van der Waals surface area contributed by atoms with Gasteiger partial charge in [0, 0.05) is 18.5 Å². The Morgan fingerprint density at radius 1 is 1.00 bits per heavy atom. The monoisotopic (exact) mass is 504 g/mol. The molecule has 1 atom stereocenters. The van der Waals surface area contributed by atoms with Crippen molar-refractivity contribution in [2.45, 2.75) is 43.0 Å². The summed E-state index contributed by atoms with van der Waals surface area (Å²) in [4.78, 5) is 28.2. The van der Waals surface area contributed by atoms with Gasteiger partial charge < -0.3 is 9.64 Å². The van der Waals surface area contributed by atoms with Crippen LogP contribution in [0.2, 0.25) is 0 Å². The summed E-state index contributed by atoms with van der Waals surface area (Å²) >= 11 is 0. The van der Waals surface area contributed by atoms with E-state index in [4.69, 9.17) is 4.74 Å². The lowest BCUT2D eigenvalue weighted by atomic mass is 9.84. The van der Waals surface area contributed by atoms with Gasteiger partial charge in [0.05, 0.1) is 11.5 Å². The smallest absolute Gasteiger partial charge is 0.264 e. The Hall–Kier alpha value is -3.65. The molecule has 7 nitrogen and oxygen atoms in total. The number of carbonyl (C=O) groups is 2. The van der Waals surface area contributed by atoms with Crippen LogP contribution in [0.1, 0.15) is 40.4 Å². The van der Waals surface area contributed by atoms with Crippen molar-refractivity contribution < 1.29 is 22.7 Å². The van der Waals surface area contributed by atoms with Crippen molar-refractivity contribution in [1.82, 2.24) is 9.62 Å². The molecule has 0 radical (unpaired) electrons. The van der Waals surface area contributed by atoms with E-state index in [9.17, 15) is 18.0 Å². The minimum atomic E-state index is -4.09. The van der Waals surface area contributed by atoms with E-state index in [1.807, 2.05) is 30.3 Å². The lowest BCUT2D eigenvalue weighted by Gasteiger charge is -2.49.